The number of ether oxygens (including phenoxy) is 2. The summed E-state index contributed by atoms with van der Waals surface area (Å²) in [7, 11) is -4.25. The fourth-order valence-electron chi connectivity index (χ4n) is 4.19. The van der Waals surface area contributed by atoms with Gasteiger partial charge in [0, 0.05) is 10.4 Å². The Labute approximate surface area is 256 Å². The van der Waals surface area contributed by atoms with Crippen molar-refractivity contribution in [3.05, 3.63) is 99.4 Å². The quantitative estimate of drug-likeness (QED) is 0.130. The molecular weight excluding hydrogens is 621 g/mol. The van der Waals surface area contributed by atoms with E-state index in [2.05, 4.69) is 0 Å². The van der Waals surface area contributed by atoms with Gasteiger partial charge in [-0.25, -0.2) is 0 Å². The molecule has 2 amide bonds. The Morgan fingerprint density at radius 1 is 0.905 bits per heavy atom. The lowest BCUT2D eigenvalue weighted by Crippen LogP contribution is -2.32. The summed E-state index contributed by atoms with van der Waals surface area (Å²) in [5.41, 5.74) is 0.414. The highest BCUT2D eigenvalue weighted by Gasteiger charge is 2.35. The van der Waals surface area contributed by atoms with Crippen molar-refractivity contribution >= 4 is 73.1 Å². The van der Waals surface area contributed by atoms with E-state index in [0.29, 0.717) is 16.3 Å². The zero-order valence-electron chi connectivity index (χ0n) is 22.1. The highest BCUT2D eigenvalue weighted by atomic mass is 35.5. The molecule has 0 unspecified atom stereocenters. The number of hydrogen-bond donors (Lipinski definition) is 0. The molecule has 0 aliphatic carbocycles. The van der Waals surface area contributed by atoms with E-state index in [9.17, 15) is 18.0 Å². The predicted octanol–water partition coefficient (Wildman–Crippen LogP) is 7.43. The molecule has 12 heteroatoms. The fraction of sp³-hybridized carbons (Fsp3) is 0.133. The molecule has 4 aromatic rings. The van der Waals surface area contributed by atoms with Crippen molar-refractivity contribution < 1.29 is 31.7 Å². The first-order chi connectivity index (χ1) is 20.2. The lowest BCUT2D eigenvalue weighted by molar-refractivity contribution is -0.123. The molecule has 0 aromatic heterocycles. The number of fused-ring (bicyclic) bond motifs is 1. The van der Waals surface area contributed by atoms with Gasteiger partial charge in [-0.2, -0.15) is 8.42 Å². The van der Waals surface area contributed by atoms with Gasteiger partial charge in [0.05, 0.1) is 23.1 Å². The number of carbonyl (C=O) groups excluding carboxylic acids is 2. The van der Waals surface area contributed by atoms with E-state index >= 15 is 0 Å². The maximum Gasteiger partial charge on any atom is 0.339 e. The topological polar surface area (TPSA) is 99.2 Å². The zero-order chi connectivity index (χ0) is 29.9. The molecule has 4 aromatic carbocycles. The SMILES string of the molecule is CCOc1cc(/C=C2\SC(=O)N(CCOc3cccc4ccccc34)C2=O)cc(Cl)c1OS(=O)(=O)c1ccc(Cl)cc1. The molecule has 0 N–H and O–H groups in total. The number of imide groups is 1. The van der Waals surface area contributed by atoms with Crippen molar-refractivity contribution in [1.29, 1.82) is 0 Å². The normalized spacial score (nSPS) is 14.5. The maximum atomic E-state index is 13.1. The van der Waals surface area contributed by atoms with Crippen molar-refractivity contribution in [3.8, 4) is 17.2 Å². The second-order valence-electron chi connectivity index (χ2n) is 8.91. The van der Waals surface area contributed by atoms with Gasteiger partial charge in [0.15, 0.2) is 5.75 Å². The molecular formula is C30H23Cl2NO7S2. The second kappa shape index (κ2) is 12.7. The van der Waals surface area contributed by atoms with Gasteiger partial charge in [0.2, 0.25) is 5.75 Å². The number of benzene rings is 4. The second-order valence-corrected chi connectivity index (χ2v) is 12.3. The van der Waals surface area contributed by atoms with Crippen molar-refractivity contribution in [1.82, 2.24) is 4.90 Å². The van der Waals surface area contributed by atoms with Gasteiger partial charge in [-0.3, -0.25) is 14.5 Å². The summed E-state index contributed by atoms with van der Waals surface area (Å²) in [6.07, 6.45) is 1.49. The van der Waals surface area contributed by atoms with Crippen LogP contribution < -0.4 is 13.7 Å². The molecule has 5 rings (SSSR count). The number of nitrogens with zero attached hydrogens (tertiary/aromatic N) is 1. The first-order valence-corrected chi connectivity index (χ1v) is 15.7. The van der Waals surface area contributed by atoms with Gasteiger partial charge < -0.3 is 13.7 Å². The number of carbonyl (C=O) groups is 2. The molecule has 0 bridgehead atoms. The first-order valence-electron chi connectivity index (χ1n) is 12.7. The smallest absolute Gasteiger partial charge is 0.339 e. The van der Waals surface area contributed by atoms with Crippen molar-refractivity contribution in [2.75, 3.05) is 19.8 Å². The van der Waals surface area contributed by atoms with E-state index in [0.717, 1.165) is 27.4 Å². The van der Waals surface area contributed by atoms with Crippen LogP contribution in [-0.4, -0.2) is 44.2 Å². The highest BCUT2D eigenvalue weighted by Crippen LogP contribution is 2.40. The van der Waals surface area contributed by atoms with Crippen LogP contribution in [0.1, 0.15) is 12.5 Å². The summed E-state index contributed by atoms with van der Waals surface area (Å²) in [5.74, 6) is 0.0288. The number of amides is 2. The molecule has 1 saturated heterocycles. The van der Waals surface area contributed by atoms with E-state index in [4.69, 9.17) is 36.9 Å². The molecule has 1 aliphatic rings. The summed E-state index contributed by atoms with van der Waals surface area (Å²) in [6.45, 7) is 2.08. The minimum atomic E-state index is -4.25. The average Bonchev–Trinajstić information content (AvgIpc) is 3.22. The Kier molecular flexibility index (Phi) is 8.98. The minimum absolute atomic E-state index is 0.0523. The third-order valence-electron chi connectivity index (χ3n) is 6.12. The monoisotopic (exact) mass is 643 g/mol. The molecule has 42 heavy (non-hydrogen) atoms. The Morgan fingerprint density at radius 2 is 1.64 bits per heavy atom. The van der Waals surface area contributed by atoms with Crippen LogP contribution in [-0.2, 0) is 14.9 Å². The number of hydrogen-bond acceptors (Lipinski definition) is 8. The maximum absolute atomic E-state index is 13.1. The Morgan fingerprint density at radius 3 is 2.40 bits per heavy atom. The molecule has 1 fully saturated rings. The van der Waals surface area contributed by atoms with Crippen LogP contribution in [0.25, 0.3) is 16.8 Å². The van der Waals surface area contributed by atoms with Gasteiger partial charge in [-0.05, 0) is 78.2 Å². The van der Waals surface area contributed by atoms with Gasteiger partial charge >= 0.3 is 10.1 Å². The Hall–Kier alpha value is -3.70. The predicted molar refractivity (Wildman–Crippen MR) is 164 cm³/mol. The Balaban J connectivity index is 1.32. The van der Waals surface area contributed by atoms with E-state index in [1.807, 2.05) is 42.5 Å². The molecule has 8 nitrogen and oxygen atoms in total. The van der Waals surface area contributed by atoms with E-state index in [1.54, 1.807) is 6.92 Å². The van der Waals surface area contributed by atoms with Gasteiger partial charge in [-0.1, -0.05) is 59.6 Å². The molecule has 1 heterocycles. The van der Waals surface area contributed by atoms with Crippen molar-refractivity contribution in [2.24, 2.45) is 0 Å². The first kappa shape index (κ1) is 29.8. The van der Waals surface area contributed by atoms with E-state index < -0.39 is 21.3 Å². The van der Waals surface area contributed by atoms with E-state index in [-0.39, 0.29) is 46.1 Å². The summed E-state index contributed by atoms with van der Waals surface area (Å²) in [6, 6.07) is 21.8. The van der Waals surface area contributed by atoms with Crippen molar-refractivity contribution in [2.45, 2.75) is 11.8 Å². The molecule has 0 saturated carbocycles. The summed E-state index contributed by atoms with van der Waals surface area (Å²) >= 11 is 13.1. The van der Waals surface area contributed by atoms with Crippen molar-refractivity contribution in [3.63, 3.8) is 0 Å². The summed E-state index contributed by atoms with van der Waals surface area (Å²) < 4.78 is 42.5. The number of thioether (sulfide) groups is 1. The third kappa shape index (κ3) is 6.52. The molecule has 216 valence electrons. The van der Waals surface area contributed by atoms with E-state index in [1.165, 1.54) is 42.5 Å². The van der Waals surface area contributed by atoms with Crippen LogP contribution in [0.3, 0.4) is 0 Å². The molecule has 0 atom stereocenters. The minimum Gasteiger partial charge on any atom is -0.491 e. The highest BCUT2D eigenvalue weighted by molar-refractivity contribution is 8.18. The van der Waals surface area contributed by atoms with Crippen LogP contribution in [0, 0.1) is 0 Å². The van der Waals surface area contributed by atoms with Gasteiger partial charge in [0.1, 0.15) is 17.3 Å². The van der Waals surface area contributed by atoms with Crippen LogP contribution >= 0.6 is 35.0 Å². The zero-order valence-corrected chi connectivity index (χ0v) is 25.2. The standard InChI is InChI=1S/C30H23Cl2NO7S2/c1-2-38-26-17-19(16-24(32)28(26)40-42(36,37)22-12-10-21(31)11-13-22)18-27-29(34)33(30(35)41-27)14-15-39-25-9-5-7-20-6-3-4-8-23(20)25/h3-13,16-18H,2,14-15H2,1H3/b27-18-. The number of rotatable bonds is 10. The number of halogens is 2. The summed E-state index contributed by atoms with van der Waals surface area (Å²) in [4.78, 5) is 26.9. The lowest BCUT2D eigenvalue weighted by Gasteiger charge is -2.15. The van der Waals surface area contributed by atoms with Crippen LogP contribution in [0.15, 0.2) is 88.7 Å². The average molecular weight is 645 g/mol. The largest absolute Gasteiger partial charge is 0.491 e. The Bertz CT molecular complexity index is 1800. The van der Waals surface area contributed by atoms with Gasteiger partial charge in [-0.15, -0.1) is 0 Å². The molecule has 0 spiro atoms. The van der Waals surface area contributed by atoms with Crippen LogP contribution in [0.4, 0.5) is 4.79 Å². The molecule has 0 radical (unpaired) electrons. The lowest BCUT2D eigenvalue weighted by atomic mass is 10.1. The fourth-order valence-corrected chi connectivity index (χ4v) is 6.44. The van der Waals surface area contributed by atoms with Gasteiger partial charge in [0.25, 0.3) is 11.1 Å². The van der Waals surface area contributed by atoms with Crippen LogP contribution in [0.5, 0.6) is 17.2 Å². The summed E-state index contributed by atoms with van der Waals surface area (Å²) in [5, 5.41) is 1.83. The third-order valence-corrected chi connectivity index (χ3v) is 8.80. The van der Waals surface area contributed by atoms with Crippen LogP contribution in [0.2, 0.25) is 10.0 Å². The molecule has 1 aliphatic heterocycles.